The van der Waals surface area contributed by atoms with Crippen LogP contribution in [0.2, 0.25) is 0 Å². The minimum atomic E-state index is -3.50. The number of methoxy groups -OCH3 is 1. The Kier molecular flexibility index (Phi) is 6.27. The standard InChI is InChI=1S/C12H17BrN2O3S.ClH/c1-18-12-7-10(4-5-11(12)13)19(16,17)15-6-2-3-9(15)8-14;/h4-5,7,9H,2-3,6,8,14H2,1H3;1H. The van der Waals surface area contributed by atoms with Gasteiger partial charge in [0, 0.05) is 25.2 Å². The zero-order valence-corrected chi connectivity index (χ0v) is 14.3. The third kappa shape index (κ3) is 3.28. The minimum Gasteiger partial charge on any atom is -0.496 e. The first-order valence-corrected chi connectivity index (χ1v) is 8.29. The lowest BCUT2D eigenvalue weighted by atomic mass is 10.2. The van der Waals surface area contributed by atoms with Crippen LogP contribution >= 0.6 is 28.3 Å². The monoisotopic (exact) mass is 384 g/mol. The van der Waals surface area contributed by atoms with Gasteiger partial charge in [-0.15, -0.1) is 12.4 Å². The Labute approximate surface area is 134 Å². The van der Waals surface area contributed by atoms with E-state index in [0.29, 0.717) is 18.8 Å². The van der Waals surface area contributed by atoms with Crippen molar-refractivity contribution in [2.45, 2.75) is 23.8 Å². The molecule has 0 saturated carbocycles. The lowest BCUT2D eigenvalue weighted by molar-refractivity contribution is 0.391. The molecule has 1 atom stereocenters. The predicted molar refractivity (Wildman–Crippen MR) is 83.9 cm³/mol. The number of rotatable bonds is 4. The van der Waals surface area contributed by atoms with Crippen molar-refractivity contribution in [3.8, 4) is 5.75 Å². The molecule has 1 heterocycles. The van der Waals surface area contributed by atoms with Gasteiger partial charge in [0.2, 0.25) is 10.0 Å². The Morgan fingerprint density at radius 1 is 1.50 bits per heavy atom. The molecular weight excluding hydrogens is 368 g/mol. The van der Waals surface area contributed by atoms with Gasteiger partial charge in [0.1, 0.15) is 5.75 Å². The van der Waals surface area contributed by atoms with Crippen molar-refractivity contribution >= 4 is 38.4 Å². The molecule has 8 heteroatoms. The molecule has 1 aliphatic rings. The normalized spacial score (nSPS) is 19.6. The Hall–Kier alpha value is -0.340. The molecule has 1 saturated heterocycles. The van der Waals surface area contributed by atoms with E-state index in [2.05, 4.69) is 15.9 Å². The smallest absolute Gasteiger partial charge is 0.243 e. The third-order valence-electron chi connectivity index (χ3n) is 3.32. The first-order valence-electron chi connectivity index (χ1n) is 6.06. The molecule has 2 N–H and O–H groups in total. The number of halogens is 2. The highest BCUT2D eigenvalue weighted by atomic mass is 79.9. The van der Waals surface area contributed by atoms with Crippen LogP contribution in [0, 0.1) is 0 Å². The van der Waals surface area contributed by atoms with Crippen LogP contribution in [0.25, 0.3) is 0 Å². The van der Waals surface area contributed by atoms with Crippen molar-refractivity contribution < 1.29 is 13.2 Å². The highest BCUT2D eigenvalue weighted by Crippen LogP contribution is 2.31. The first kappa shape index (κ1) is 17.7. The SMILES string of the molecule is COc1cc(S(=O)(=O)N2CCCC2CN)ccc1Br.Cl. The number of nitrogens with two attached hydrogens (primary N) is 1. The van der Waals surface area contributed by atoms with Crippen molar-refractivity contribution in [1.82, 2.24) is 4.31 Å². The third-order valence-corrected chi connectivity index (χ3v) is 5.93. The summed E-state index contributed by atoms with van der Waals surface area (Å²) in [5.74, 6) is 0.504. The fourth-order valence-corrected chi connectivity index (χ4v) is 4.43. The second-order valence-electron chi connectivity index (χ2n) is 4.44. The van der Waals surface area contributed by atoms with Crippen LogP contribution in [0.15, 0.2) is 27.6 Å². The van der Waals surface area contributed by atoms with E-state index in [1.165, 1.54) is 17.5 Å². The Morgan fingerprint density at radius 2 is 2.20 bits per heavy atom. The predicted octanol–water partition coefficient (Wildman–Crippen LogP) is 1.99. The number of hydrogen-bond donors (Lipinski definition) is 1. The van der Waals surface area contributed by atoms with E-state index >= 15 is 0 Å². The molecule has 0 radical (unpaired) electrons. The van der Waals surface area contributed by atoms with Crippen molar-refractivity contribution in [3.63, 3.8) is 0 Å². The van der Waals surface area contributed by atoms with Gasteiger partial charge in [-0.2, -0.15) is 4.31 Å². The van der Waals surface area contributed by atoms with E-state index in [1.807, 2.05) is 0 Å². The second-order valence-corrected chi connectivity index (χ2v) is 7.19. The number of benzene rings is 1. The van der Waals surface area contributed by atoms with Crippen LogP contribution in [-0.2, 0) is 10.0 Å². The van der Waals surface area contributed by atoms with Gasteiger partial charge in [-0.3, -0.25) is 0 Å². The summed E-state index contributed by atoms with van der Waals surface area (Å²) in [5, 5.41) is 0. The molecule has 0 bridgehead atoms. The molecule has 0 aromatic heterocycles. The Balaban J connectivity index is 0.00000200. The van der Waals surface area contributed by atoms with E-state index in [0.717, 1.165) is 17.3 Å². The maximum atomic E-state index is 12.6. The first-order chi connectivity index (χ1) is 9.00. The van der Waals surface area contributed by atoms with Gasteiger partial charge < -0.3 is 10.5 Å². The molecule has 1 aromatic carbocycles. The summed E-state index contributed by atoms with van der Waals surface area (Å²) >= 11 is 3.31. The van der Waals surface area contributed by atoms with Crippen LogP contribution in [0.5, 0.6) is 5.75 Å². The van der Waals surface area contributed by atoms with Crippen LogP contribution < -0.4 is 10.5 Å². The van der Waals surface area contributed by atoms with Crippen molar-refractivity contribution in [3.05, 3.63) is 22.7 Å². The number of sulfonamides is 1. The number of hydrogen-bond acceptors (Lipinski definition) is 4. The van der Waals surface area contributed by atoms with E-state index in [9.17, 15) is 8.42 Å². The van der Waals surface area contributed by atoms with Gasteiger partial charge in [0.15, 0.2) is 0 Å². The number of nitrogens with zero attached hydrogens (tertiary/aromatic N) is 1. The lowest BCUT2D eigenvalue weighted by Crippen LogP contribution is -2.39. The van der Waals surface area contributed by atoms with Gasteiger partial charge in [-0.25, -0.2) is 8.42 Å². The summed E-state index contributed by atoms with van der Waals surface area (Å²) in [5.41, 5.74) is 5.64. The average molecular weight is 386 g/mol. The largest absolute Gasteiger partial charge is 0.496 e. The minimum absolute atomic E-state index is 0. The average Bonchev–Trinajstić information content (AvgIpc) is 2.88. The summed E-state index contributed by atoms with van der Waals surface area (Å²) in [6, 6.07) is 4.69. The van der Waals surface area contributed by atoms with E-state index in [1.54, 1.807) is 12.1 Å². The fraction of sp³-hybridized carbons (Fsp3) is 0.500. The number of ether oxygens (including phenoxy) is 1. The summed E-state index contributed by atoms with van der Waals surface area (Å²) in [4.78, 5) is 0.243. The molecule has 0 amide bonds. The molecular formula is C12H18BrClN2O3S. The molecule has 114 valence electrons. The maximum Gasteiger partial charge on any atom is 0.243 e. The summed E-state index contributed by atoms with van der Waals surface area (Å²) in [7, 11) is -1.99. The van der Waals surface area contributed by atoms with Crippen LogP contribution in [0.4, 0.5) is 0 Å². The fourth-order valence-electron chi connectivity index (χ4n) is 2.30. The topological polar surface area (TPSA) is 72.6 Å². The van der Waals surface area contributed by atoms with Crippen molar-refractivity contribution in [2.75, 3.05) is 20.2 Å². The second kappa shape index (κ2) is 7.09. The summed E-state index contributed by atoms with van der Waals surface area (Å²) < 4.78 is 32.5. The molecule has 20 heavy (non-hydrogen) atoms. The van der Waals surface area contributed by atoms with E-state index in [-0.39, 0.29) is 23.3 Å². The molecule has 2 rings (SSSR count). The molecule has 1 aromatic rings. The van der Waals surface area contributed by atoms with E-state index < -0.39 is 10.0 Å². The zero-order valence-electron chi connectivity index (χ0n) is 11.1. The van der Waals surface area contributed by atoms with Gasteiger partial charge >= 0.3 is 0 Å². The lowest BCUT2D eigenvalue weighted by Gasteiger charge is -2.23. The van der Waals surface area contributed by atoms with Crippen LogP contribution in [0.3, 0.4) is 0 Å². The molecule has 5 nitrogen and oxygen atoms in total. The molecule has 1 aliphatic heterocycles. The maximum absolute atomic E-state index is 12.6. The van der Waals surface area contributed by atoms with Gasteiger partial charge in [-0.1, -0.05) is 0 Å². The summed E-state index contributed by atoms with van der Waals surface area (Å²) in [6.07, 6.45) is 1.68. The molecule has 0 aliphatic carbocycles. The van der Waals surface area contributed by atoms with Gasteiger partial charge in [-0.05, 0) is 40.9 Å². The van der Waals surface area contributed by atoms with Crippen molar-refractivity contribution in [1.29, 1.82) is 0 Å². The zero-order chi connectivity index (χ0) is 14.0. The molecule has 1 unspecified atom stereocenters. The van der Waals surface area contributed by atoms with Crippen molar-refractivity contribution in [2.24, 2.45) is 5.73 Å². The van der Waals surface area contributed by atoms with Gasteiger partial charge in [0.05, 0.1) is 16.5 Å². The quantitative estimate of drug-likeness (QED) is 0.860. The highest BCUT2D eigenvalue weighted by molar-refractivity contribution is 9.10. The van der Waals surface area contributed by atoms with Crippen LogP contribution in [0.1, 0.15) is 12.8 Å². The Bertz CT molecular complexity index is 568. The Morgan fingerprint density at radius 3 is 2.80 bits per heavy atom. The molecule has 0 spiro atoms. The highest BCUT2D eigenvalue weighted by Gasteiger charge is 2.34. The molecule has 1 fully saturated rings. The summed E-state index contributed by atoms with van der Waals surface area (Å²) in [6.45, 7) is 0.884. The van der Waals surface area contributed by atoms with E-state index in [4.69, 9.17) is 10.5 Å². The van der Waals surface area contributed by atoms with Crippen LogP contribution in [-0.4, -0.2) is 39.0 Å². The van der Waals surface area contributed by atoms with Gasteiger partial charge in [0.25, 0.3) is 0 Å².